The Hall–Kier alpha value is -4.04. The smallest absolute Gasteiger partial charge is 0.243 e. The van der Waals surface area contributed by atoms with E-state index in [1.165, 1.54) is 13.8 Å². The second kappa shape index (κ2) is 19.5. The van der Waals surface area contributed by atoms with Gasteiger partial charge in [0, 0.05) is 13.3 Å². The first-order valence-electron chi connectivity index (χ1n) is 15.7. The number of hydrogen-bond donors (Lipinski definition) is 7. The lowest BCUT2D eigenvalue weighted by Gasteiger charge is -2.29. The zero-order chi connectivity index (χ0) is 35.0. The van der Waals surface area contributed by atoms with Crippen LogP contribution in [0.5, 0.6) is 0 Å². The minimum atomic E-state index is -1.32. The fourth-order valence-electron chi connectivity index (χ4n) is 4.61. The Kier molecular flexibility index (Phi) is 16.9. The second-order valence-corrected chi connectivity index (χ2v) is 12.8. The van der Waals surface area contributed by atoms with Crippen LogP contribution in [0.4, 0.5) is 0 Å². The predicted molar refractivity (Wildman–Crippen MR) is 174 cm³/mol. The number of unbranched alkanes of at least 4 members (excludes halogenated alkanes) is 1. The number of quaternary nitrogens is 1. The Morgan fingerprint density at radius 3 is 1.89 bits per heavy atom. The maximum atomic E-state index is 13.6. The van der Waals surface area contributed by atoms with Crippen LogP contribution in [0.15, 0.2) is 30.3 Å². The molecular weight excluding hydrogens is 594 g/mol. The van der Waals surface area contributed by atoms with E-state index in [9.17, 15) is 33.9 Å². The fourth-order valence-corrected chi connectivity index (χ4v) is 4.61. The summed E-state index contributed by atoms with van der Waals surface area (Å²) in [6, 6.07) is 3.68. The molecule has 46 heavy (non-hydrogen) atoms. The second-order valence-electron chi connectivity index (χ2n) is 12.8. The number of carbonyl (C=O) groups is 6. The van der Waals surface area contributed by atoms with Gasteiger partial charge in [-0.25, -0.2) is 0 Å². The number of nitrogens with one attached hydrogen (secondary N) is 5. The molecule has 0 bridgehead atoms. The van der Waals surface area contributed by atoms with Gasteiger partial charge in [-0.2, -0.15) is 0 Å². The number of nitrogens with zero attached hydrogens (tertiary/aromatic N) is 1. The molecule has 0 spiro atoms. The summed E-state index contributed by atoms with van der Waals surface area (Å²) >= 11 is 0. The van der Waals surface area contributed by atoms with Crippen LogP contribution in [0.1, 0.15) is 58.9 Å². The molecule has 1 aromatic rings. The highest BCUT2D eigenvalue weighted by Gasteiger charge is 2.33. The molecule has 14 heteroatoms. The van der Waals surface area contributed by atoms with Crippen molar-refractivity contribution in [3.05, 3.63) is 35.9 Å². The van der Waals surface area contributed by atoms with E-state index in [2.05, 4.69) is 26.6 Å². The molecule has 0 aromatic heterocycles. The van der Waals surface area contributed by atoms with Crippen molar-refractivity contribution in [1.29, 1.82) is 0 Å². The van der Waals surface area contributed by atoms with E-state index in [4.69, 9.17) is 5.73 Å². The number of amides is 6. The van der Waals surface area contributed by atoms with Crippen LogP contribution in [0.25, 0.3) is 0 Å². The number of aliphatic hydroxyl groups excluding tert-OH is 1. The van der Waals surface area contributed by atoms with Crippen molar-refractivity contribution >= 4 is 35.4 Å². The normalized spacial score (nSPS) is 15.2. The maximum absolute atomic E-state index is 13.6. The molecule has 0 aliphatic carbocycles. The molecule has 0 fully saturated rings. The van der Waals surface area contributed by atoms with E-state index in [0.29, 0.717) is 17.3 Å². The van der Waals surface area contributed by atoms with Crippen molar-refractivity contribution in [2.75, 3.05) is 34.3 Å². The Bertz CT molecular complexity index is 1170. The van der Waals surface area contributed by atoms with Gasteiger partial charge in [0.25, 0.3) is 0 Å². The molecular formula is C32H54N7O7+. The first-order valence-corrected chi connectivity index (χ1v) is 15.7. The van der Waals surface area contributed by atoms with Crippen LogP contribution in [0, 0.1) is 5.92 Å². The van der Waals surface area contributed by atoms with E-state index in [0.717, 1.165) is 18.5 Å². The molecule has 6 amide bonds. The molecule has 0 radical (unpaired) electrons. The molecule has 0 aliphatic rings. The number of primary amides is 1. The molecule has 14 nitrogen and oxygen atoms in total. The molecule has 6 atom stereocenters. The minimum absolute atomic E-state index is 0.212. The topological polar surface area (TPSA) is 209 Å². The summed E-state index contributed by atoms with van der Waals surface area (Å²) < 4.78 is 0.714. The van der Waals surface area contributed by atoms with Gasteiger partial charge in [0.15, 0.2) is 0 Å². The van der Waals surface area contributed by atoms with Gasteiger partial charge in [0.1, 0.15) is 30.2 Å². The largest absolute Gasteiger partial charge is 0.394 e. The lowest BCUT2D eigenvalue weighted by atomic mass is 9.97. The van der Waals surface area contributed by atoms with Crippen molar-refractivity contribution < 1.29 is 38.4 Å². The zero-order valence-electron chi connectivity index (χ0n) is 28.2. The molecule has 0 heterocycles. The number of aliphatic hydroxyl groups is 1. The summed E-state index contributed by atoms with van der Waals surface area (Å²) in [6.45, 7) is 6.50. The Morgan fingerprint density at radius 2 is 1.37 bits per heavy atom. The Labute approximate surface area is 272 Å². The van der Waals surface area contributed by atoms with Crippen LogP contribution < -0.4 is 32.3 Å². The van der Waals surface area contributed by atoms with Gasteiger partial charge in [-0.05, 0) is 37.7 Å². The van der Waals surface area contributed by atoms with Crippen molar-refractivity contribution in [1.82, 2.24) is 26.6 Å². The van der Waals surface area contributed by atoms with E-state index < -0.39 is 72.3 Å². The van der Waals surface area contributed by atoms with Crippen LogP contribution in [0.2, 0.25) is 0 Å². The van der Waals surface area contributed by atoms with E-state index in [-0.39, 0.29) is 18.8 Å². The third kappa shape index (κ3) is 14.8. The fraction of sp³-hybridized carbons (Fsp3) is 0.625. The number of rotatable bonds is 20. The maximum Gasteiger partial charge on any atom is 0.243 e. The molecule has 1 rings (SSSR count). The standard InChI is InChI=1S/C32H53N7O7/c1-8-20(2)27(32(46)36-24(16-12-13-17-39(5,6)7)30(44)37-26(19-40)28(33)42)38-29(43)21(3)34-31(45)25(35-22(4)41)18-23-14-10-9-11-15-23/h9-11,14-15,20-21,24-27,40H,8,12-13,16-19H2,1-7H3,(H6-,33,34,35,36,37,38,41,42,43,44,45,46)/p+1/t20-,21-,24-,25-,26-,27-/m0/s1. The molecule has 1 aromatic carbocycles. The van der Waals surface area contributed by atoms with Gasteiger partial charge in [-0.3, -0.25) is 28.8 Å². The minimum Gasteiger partial charge on any atom is -0.394 e. The first-order chi connectivity index (χ1) is 21.5. The third-order valence-corrected chi connectivity index (χ3v) is 7.57. The number of carbonyl (C=O) groups excluding carboxylic acids is 6. The SMILES string of the molecule is CC[C@H](C)[C@H](NC(=O)[C@H](C)NC(=O)[C@H](Cc1ccccc1)NC(C)=O)C(=O)N[C@@H](CCCC[N+](C)(C)C)C(=O)N[C@@H](CO)C(N)=O. The summed E-state index contributed by atoms with van der Waals surface area (Å²) in [4.78, 5) is 76.4. The van der Waals surface area contributed by atoms with Crippen molar-refractivity contribution in [3.8, 4) is 0 Å². The summed E-state index contributed by atoms with van der Waals surface area (Å²) in [5, 5.41) is 22.5. The molecule has 0 saturated carbocycles. The highest BCUT2D eigenvalue weighted by Crippen LogP contribution is 2.11. The molecule has 0 unspecified atom stereocenters. The lowest BCUT2D eigenvalue weighted by Crippen LogP contribution is -2.60. The number of nitrogens with two attached hydrogens (primary N) is 1. The Morgan fingerprint density at radius 1 is 0.783 bits per heavy atom. The van der Waals surface area contributed by atoms with Gasteiger partial charge in [-0.1, -0.05) is 50.6 Å². The monoisotopic (exact) mass is 648 g/mol. The van der Waals surface area contributed by atoms with E-state index >= 15 is 0 Å². The van der Waals surface area contributed by atoms with Crippen LogP contribution >= 0.6 is 0 Å². The summed E-state index contributed by atoms with van der Waals surface area (Å²) in [5.41, 5.74) is 6.09. The predicted octanol–water partition coefficient (Wildman–Crippen LogP) is -0.907. The van der Waals surface area contributed by atoms with E-state index in [1.54, 1.807) is 6.92 Å². The molecule has 0 saturated heterocycles. The number of hydrogen-bond acceptors (Lipinski definition) is 7. The van der Waals surface area contributed by atoms with Gasteiger partial charge in [0.05, 0.1) is 34.3 Å². The molecule has 258 valence electrons. The van der Waals surface area contributed by atoms with Gasteiger partial charge < -0.3 is 41.9 Å². The number of benzene rings is 1. The van der Waals surface area contributed by atoms with Gasteiger partial charge in [0.2, 0.25) is 35.4 Å². The van der Waals surface area contributed by atoms with Crippen molar-refractivity contribution in [2.45, 2.75) is 90.0 Å². The average Bonchev–Trinajstić information content (AvgIpc) is 2.98. The first kappa shape index (κ1) is 40.0. The van der Waals surface area contributed by atoms with E-state index in [1.807, 2.05) is 58.4 Å². The highest BCUT2D eigenvalue weighted by atomic mass is 16.3. The summed E-state index contributed by atoms with van der Waals surface area (Å²) in [5.74, 6) is -4.18. The quantitative estimate of drug-likeness (QED) is 0.0699. The van der Waals surface area contributed by atoms with Crippen LogP contribution in [-0.2, 0) is 35.2 Å². The van der Waals surface area contributed by atoms with Crippen LogP contribution in [-0.4, -0.2) is 110 Å². The van der Waals surface area contributed by atoms with Gasteiger partial charge in [-0.15, -0.1) is 0 Å². The Balaban J connectivity index is 3.06. The third-order valence-electron chi connectivity index (χ3n) is 7.57. The highest BCUT2D eigenvalue weighted by molar-refractivity contribution is 5.96. The summed E-state index contributed by atoms with van der Waals surface area (Å²) in [6.07, 6.45) is 2.30. The van der Waals surface area contributed by atoms with Gasteiger partial charge >= 0.3 is 0 Å². The van der Waals surface area contributed by atoms with Crippen molar-refractivity contribution in [3.63, 3.8) is 0 Å². The molecule has 0 aliphatic heterocycles. The zero-order valence-corrected chi connectivity index (χ0v) is 28.2. The van der Waals surface area contributed by atoms with Crippen molar-refractivity contribution in [2.24, 2.45) is 11.7 Å². The lowest BCUT2D eigenvalue weighted by molar-refractivity contribution is -0.870. The van der Waals surface area contributed by atoms with Crippen LogP contribution in [0.3, 0.4) is 0 Å². The molecule has 8 N–H and O–H groups in total. The summed E-state index contributed by atoms with van der Waals surface area (Å²) in [7, 11) is 6.12. The average molecular weight is 649 g/mol.